The molecule has 2 fully saturated rings. The van der Waals surface area contributed by atoms with Crippen molar-refractivity contribution in [1.29, 1.82) is 0 Å². The molecule has 2 unspecified atom stereocenters. The van der Waals surface area contributed by atoms with Crippen molar-refractivity contribution in [3.63, 3.8) is 0 Å². The standard InChI is InChI=1S/C21H25N3O4S/c1-15-4-2-6-20(10-15)29(26,27)23-14-21(25)24-16-7-8-17(24)12-19(11-16)28-18-5-3-9-22-13-18/h2-6,9-10,13,16-17,19,23H,7-8,11-12,14H2,1H3. The lowest BCUT2D eigenvalue weighted by molar-refractivity contribution is -0.135. The summed E-state index contributed by atoms with van der Waals surface area (Å²) in [4.78, 5) is 18.9. The molecule has 1 aromatic heterocycles. The number of pyridine rings is 1. The number of ether oxygens (including phenoxy) is 1. The molecule has 1 N–H and O–H groups in total. The third-order valence-electron chi connectivity index (χ3n) is 5.63. The van der Waals surface area contributed by atoms with Crippen LogP contribution in [0.1, 0.15) is 31.2 Å². The normalized spacial score (nSPS) is 23.8. The number of sulfonamides is 1. The number of nitrogens with zero attached hydrogens (tertiary/aromatic N) is 2. The third kappa shape index (κ3) is 4.43. The Kier molecular flexibility index (Phi) is 5.56. The molecule has 0 aliphatic carbocycles. The third-order valence-corrected chi connectivity index (χ3v) is 7.03. The Bertz CT molecular complexity index is 966. The number of nitrogens with one attached hydrogen (secondary N) is 1. The predicted molar refractivity (Wildman–Crippen MR) is 108 cm³/mol. The van der Waals surface area contributed by atoms with Crippen LogP contribution < -0.4 is 9.46 Å². The number of carbonyl (C=O) groups is 1. The van der Waals surface area contributed by atoms with E-state index in [1.807, 2.05) is 30.0 Å². The van der Waals surface area contributed by atoms with Crippen molar-refractivity contribution in [3.8, 4) is 5.75 Å². The Morgan fingerprint density at radius 2 is 1.97 bits per heavy atom. The molecule has 1 amide bonds. The summed E-state index contributed by atoms with van der Waals surface area (Å²) in [5, 5.41) is 0. The maximum absolute atomic E-state index is 12.8. The molecular weight excluding hydrogens is 390 g/mol. The number of hydrogen-bond donors (Lipinski definition) is 1. The molecule has 2 bridgehead atoms. The van der Waals surface area contributed by atoms with Crippen molar-refractivity contribution in [2.24, 2.45) is 0 Å². The predicted octanol–water partition coefficient (Wildman–Crippen LogP) is 2.27. The molecule has 3 heterocycles. The first-order valence-corrected chi connectivity index (χ1v) is 11.3. The SMILES string of the molecule is Cc1cccc(S(=O)(=O)NCC(=O)N2C3CCC2CC(Oc2cccnc2)C3)c1. The molecule has 1 aromatic carbocycles. The van der Waals surface area contributed by atoms with Crippen molar-refractivity contribution < 1.29 is 17.9 Å². The zero-order valence-corrected chi connectivity index (χ0v) is 17.1. The molecule has 4 rings (SSSR count). The van der Waals surface area contributed by atoms with Gasteiger partial charge >= 0.3 is 0 Å². The highest BCUT2D eigenvalue weighted by molar-refractivity contribution is 7.89. The van der Waals surface area contributed by atoms with Crippen LogP contribution in [0.4, 0.5) is 0 Å². The first-order valence-electron chi connectivity index (χ1n) is 9.86. The zero-order valence-electron chi connectivity index (χ0n) is 16.3. The molecule has 29 heavy (non-hydrogen) atoms. The van der Waals surface area contributed by atoms with E-state index in [0.717, 1.165) is 37.0 Å². The van der Waals surface area contributed by atoms with Crippen LogP contribution in [-0.2, 0) is 14.8 Å². The summed E-state index contributed by atoms with van der Waals surface area (Å²) in [6, 6.07) is 10.6. The van der Waals surface area contributed by atoms with Gasteiger partial charge in [0.05, 0.1) is 17.6 Å². The molecule has 0 spiro atoms. The average Bonchev–Trinajstić information content (AvgIpc) is 2.98. The van der Waals surface area contributed by atoms with E-state index in [1.165, 1.54) is 6.07 Å². The molecule has 154 valence electrons. The molecule has 2 atom stereocenters. The Hall–Kier alpha value is -2.45. The number of benzene rings is 1. The second-order valence-corrected chi connectivity index (χ2v) is 9.49. The van der Waals surface area contributed by atoms with Gasteiger partial charge in [0.1, 0.15) is 11.9 Å². The minimum absolute atomic E-state index is 0.0461. The van der Waals surface area contributed by atoms with Crippen molar-refractivity contribution in [2.45, 2.75) is 55.7 Å². The maximum Gasteiger partial charge on any atom is 0.241 e. The Balaban J connectivity index is 1.36. The molecule has 8 heteroatoms. The van der Waals surface area contributed by atoms with Crippen LogP contribution in [-0.4, -0.2) is 48.9 Å². The fourth-order valence-electron chi connectivity index (χ4n) is 4.35. The molecule has 2 aliphatic rings. The quantitative estimate of drug-likeness (QED) is 0.782. The lowest BCUT2D eigenvalue weighted by Gasteiger charge is -2.39. The number of rotatable bonds is 6. The summed E-state index contributed by atoms with van der Waals surface area (Å²) >= 11 is 0. The van der Waals surface area contributed by atoms with Crippen LogP contribution >= 0.6 is 0 Å². The van der Waals surface area contributed by atoms with Crippen molar-refractivity contribution >= 4 is 15.9 Å². The number of aromatic nitrogens is 1. The minimum atomic E-state index is -3.71. The monoisotopic (exact) mass is 415 g/mol. The van der Waals surface area contributed by atoms with Gasteiger partial charge in [-0.2, -0.15) is 0 Å². The molecule has 2 aliphatic heterocycles. The van der Waals surface area contributed by atoms with E-state index >= 15 is 0 Å². The second-order valence-electron chi connectivity index (χ2n) is 7.73. The van der Waals surface area contributed by atoms with E-state index in [-0.39, 0.29) is 35.5 Å². The van der Waals surface area contributed by atoms with Crippen LogP contribution in [0.25, 0.3) is 0 Å². The highest BCUT2D eigenvalue weighted by atomic mass is 32.2. The summed E-state index contributed by atoms with van der Waals surface area (Å²) < 4.78 is 33.5. The van der Waals surface area contributed by atoms with E-state index in [9.17, 15) is 13.2 Å². The fraction of sp³-hybridized carbons (Fsp3) is 0.429. The molecular formula is C21H25N3O4S. The van der Waals surface area contributed by atoms with Crippen LogP contribution in [0, 0.1) is 6.92 Å². The van der Waals surface area contributed by atoms with Gasteiger partial charge < -0.3 is 9.64 Å². The number of aryl methyl sites for hydroxylation is 1. The fourth-order valence-corrected chi connectivity index (χ4v) is 5.43. The summed E-state index contributed by atoms with van der Waals surface area (Å²) in [7, 11) is -3.71. The molecule has 2 aromatic rings. The van der Waals surface area contributed by atoms with Gasteiger partial charge in [-0.15, -0.1) is 0 Å². The van der Waals surface area contributed by atoms with Gasteiger partial charge in [-0.3, -0.25) is 9.78 Å². The van der Waals surface area contributed by atoms with Gasteiger partial charge in [0.15, 0.2) is 0 Å². The summed E-state index contributed by atoms with van der Waals surface area (Å²) in [5.41, 5.74) is 0.855. The first-order chi connectivity index (χ1) is 13.9. The van der Waals surface area contributed by atoms with Gasteiger partial charge in [-0.1, -0.05) is 12.1 Å². The van der Waals surface area contributed by atoms with Crippen LogP contribution in [0.2, 0.25) is 0 Å². The van der Waals surface area contributed by atoms with E-state index < -0.39 is 10.0 Å². The Morgan fingerprint density at radius 3 is 2.62 bits per heavy atom. The molecule has 7 nitrogen and oxygen atoms in total. The Morgan fingerprint density at radius 1 is 1.21 bits per heavy atom. The lowest BCUT2D eigenvalue weighted by atomic mass is 9.99. The van der Waals surface area contributed by atoms with E-state index in [4.69, 9.17) is 4.74 Å². The number of carbonyl (C=O) groups excluding carboxylic acids is 1. The average molecular weight is 416 g/mol. The second kappa shape index (κ2) is 8.12. The summed E-state index contributed by atoms with van der Waals surface area (Å²) in [6.45, 7) is 1.61. The highest BCUT2D eigenvalue weighted by Crippen LogP contribution is 2.37. The largest absolute Gasteiger partial charge is 0.489 e. The first kappa shape index (κ1) is 19.8. The van der Waals surface area contributed by atoms with E-state index in [2.05, 4.69) is 9.71 Å². The number of piperidine rings is 1. The van der Waals surface area contributed by atoms with Gasteiger partial charge in [-0.05, 0) is 49.6 Å². The lowest BCUT2D eigenvalue weighted by Crippen LogP contribution is -2.52. The maximum atomic E-state index is 12.8. The van der Waals surface area contributed by atoms with E-state index in [1.54, 1.807) is 24.5 Å². The van der Waals surface area contributed by atoms with Gasteiger partial charge in [-0.25, -0.2) is 13.1 Å². The van der Waals surface area contributed by atoms with Crippen LogP contribution in [0.5, 0.6) is 5.75 Å². The van der Waals surface area contributed by atoms with Gasteiger partial charge in [0.2, 0.25) is 15.9 Å². The molecule has 0 saturated carbocycles. The number of amides is 1. The van der Waals surface area contributed by atoms with Crippen LogP contribution in [0.3, 0.4) is 0 Å². The van der Waals surface area contributed by atoms with Crippen molar-refractivity contribution in [3.05, 3.63) is 54.4 Å². The van der Waals surface area contributed by atoms with E-state index in [0.29, 0.717) is 0 Å². The minimum Gasteiger partial charge on any atom is -0.489 e. The summed E-state index contributed by atoms with van der Waals surface area (Å²) in [6.07, 6.45) is 6.80. The molecule has 0 radical (unpaired) electrons. The number of hydrogen-bond acceptors (Lipinski definition) is 5. The van der Waals surface area contributed by atoms with Gasteiger partial charge in [0, 0.05) is 31.1 Å². The zero-order chi connectivity index (χ0) is 20.4. The molecule has 2 saturated heterocycles. The Labute approximate surface area is 171 Å². The summed E-state index contributed by atoms with van der Waals surface area (Å²) in [5.74, 6) is 0.566. The highest BCUT2D eigenvalue weighted by Gasteiger charge is 2.44. The smallest absolute Gasteiger partial charge is 0.241 e. The number of fused-ring (bicyclic) bond motifs is 2. The van der Waals surface area contributed by atoms with Crippen LogP contribution in [0.15, 0.2) is 53.7 Å². The van der Waals surface area contributed by atoms with Crippen molar-refractivity contribution in [1.82, 2.24) is 14.6 Å². The van der Waals surface area contributed by atoms with Gasteiger partial charge in [0.25, 0.3) is 0 Å². The van der Waals surface area contributed by atoms with Crippen molar-refractivity contribution in [2.75, 3.05) is 6.54 Å². The topological polar surface area (TPSA) is 88.6 Å².